The lowest BCUT2D eigenvalue weighted by Gasteiger charge is -2.14. The first-order chi connectivity index (χ1) is 16.0. The van der Waals surface area contributed by atoms with E-state index in [1.165, 1.54) is 27.1 Å². The van der Waals surface area contributed by atoms with E-state index < -0.39 is 11.2 Å². The van der Waals surface area contributed by atoms with Crippen LogP contribution in [0.4, 0.5) is 0 Å². The first-order valence-electron chi connectivity index (χ1n) is 10.6. The van der Waals surface area contributed by atoms with Crippen molar-refractivity contribution >= 4 is 16.9 Å². The van der Waals surface area contributed by atoms with E-state index in [1.807, 2.05) is 0 Å². The second kappa shape index (κ2) is 8.09. The molecule has 0 radical (unpaired) electrons. The molecule has 2 aromatic carbocycles. The van der Waals surface area contributed by atoms with Crippen LogP contribution in [0.15, 0.2) is 64.4 Å². The van der Waals surface area contributed by atoms with Gasteiger partial charge in [-0.15, -0.1) is 0 Å². The van der Waals surface area contributed by atoms with E-state index in [2.05, 4.69) is 4.98 Å². The molecular weight excluding hydrogens is 424 g/mol. The number of aromatic nitrogens is 4. The van der Waals surface area contributed by atoms with Gasteiger partial charge in [-0.25, -0.2) is 14.3 Å². The monoisotopic (exact) mass is 446 g/mol. The van der Waals surface area contributed by atoms with Crippen LogP contribution < -0.4 is 20.7 Å². The maximum absolute atomic E-state index is 13.4. The summed E-state index contributed by atoms with van der Waals surface area (Å²) in [5.41, 5.74) is 0.451. The fourth-order valence-electron chi connectivity index (χ4n) is 3.98. The molecule has 0 amide bonds. The number of carbonyl (C=O) groups excluding carboxylic acids is 1. The summed E-state index contributed by atoms with van der Waals surface area (Å²) in [4.78, 5) is 44.1. The Bertz CT molecular complexity index is 1480. The minimum absolute atomic E-state index is 0.0904. The number of nitrogens with zero attached hydrogens (tertiary/aromatic N) is 4. The SMILES string of the molecule is COc1ccc(C(=O)Cn2cnc3c2c(=O)n(C2CC2)c(=O)n3-c2ccccc2OC)cc1. The predicted octanol–water partition coefficient (Wildman–Crippen LogP) is 2.58. The quantitative estimate of drug-likeness (QED) is 0.405. The molecule has 4 aromatic rings. The minimum atomic E-state index is -0.466. The number of ether oxygens (including phenoxy) is 2. The van der Waals surface area contributed by atoms with Gasteiger partial charge in [0, 0.05) is 11.6 Å². The maximum Gasteiger partial charge on any atom is 0.337 e. The van der Waals surface area contributed by atoms with Gasteiger partial charge in [-0.05, 0) is 49.2 Å². The Labute approximate surface area is 188 Å². The fourth-order valence-corrected chi connectivity index (χ4v) is 3.98. The Morgan fingerprint density at radius 3 is 2.42 bits per heavy atom. The van der Waals surface area contributed by atoms with Crippen molar-refractivity contribution in [1.82, 2.24) is 18.7 Å². The highest BCUT2D eigenvalue weighted by atomic mass is 16.5. The van der Waals surface area contributed by atoms with Gasteiger partial charge in [0.15, 0.2) is 16.9 Å². The molecule has 0 saturated heterocycles. The third-order valence-electron chi connectivity index (χ3n) is 5.81. The van der Waals surface area contributed by atoms with E-state index >= 15 is 0 Å². The van der Waals surface area contributed by atoms with Crippen LogP contribution in [0.1, 0.15) is 29.2 Å². The Kier molecular flexibility index (Phi) is 5.08. The Hall–Kier alpha value is -4.14. The number of carbonyl (C=O) groups is 1. The summed E-state index contributed by atoms with van der Waals surface area (Å²) >= 11 is 0. The van der Waals surface area contributed by atoms with Crippen LogP contribution in [0.3, 0.4) is 0 Å². The maximum atomic E-state index is 13.4. The molecule has 0 N–H and O–H groups in total. The number of ketones is 1. The highest BCUT2D eigenvalue weighted by Gasteiger charge is 2.31. The van der Waals surface area contributed by atoms with Gasteiger partial charge in [-0.2, -0.15) is 0 Å². The summed E-state index contributed by atoms with van der Waals surface area (Å²) in [6, 6.07) is 13.7. The molecule has 0 aliphatic heterocycles. The molecule has 1 saturated carbocycles. The molecule has 1 aliphatic carbocycles. The number of methoxy groups -OCH3 is 2. The topological polar surface area (TPSA) is 97.4 Å². The number of hydrogen-bond donors (Lipinski definition) is 0. The molecule has 5 rings (SSSR count). The standard InChI is InChI=1S/C24H22N4O5/c1-32-17-11-7-15(8-12-17)19(29)13-26-14-25-22-21(26)23(30)27(16-9-10-16)24(31)28(22)18-5-3-4-6-20(18)33-2/h3-8,11-12,14,16H,9-10,13H2,1-2H3. The molecular formula is C24H22N4O5. The van der Waals surface area contributed by atoms with Gasteiger partial charge in [0.1, 0.15) is 11.5 Å². The van der Waals surface area contributed by atoms with Crippen LogP contribution in [-0.4, -0.2) is 38.7 Å². The van der Waals surface area contributed by atoms with E-state index in [-0.39, 0.29) is 29.5 Å². The molecule has 33 heavy (non-hydrogen) atoms. The van der Waals surface area contributed by atoms with Crippen LogP contribution in [0.5, 0.6) is 11.5 Å². The van der Waals surface area contributed by atoms with Crippen molar-refractivity contribution in [2.45, 2.75) is 25.4 Å². The number of rotatable bonds is 7. The molecule has 2 heterocycles. The van der Waals surface area contributed by atoms with Crippen LogP contribution >= 0.6 is 0 Å². The average Bonchev–Trinajstić information content (AvgIpc) is 3.59. The molecule has 0 bridgehead atoms. The van der Waals surface area contributed by atoms with E-state index in [9.17, 15) is 14.4 Å². The molecule has 0 spiro atoms. The molecule has 1 aliphatic rings. The summed E-state index contributed by atoms with van der Waals surface area (Å²) in [6.45, 7) is -0.0904. The minimum Gasteiger partial charge on any atom is -0.497 e. The second-order valence-electron chi connectivity index (χ2n) is 7.89. The largest absolute Gasteiger partial charge is 0.497 e. The van der Waals surface area contributed by atoms with Crippen molar-refractivity contribution in [1.29, 1.82) is 0 Å². The molecule has 0 atom stereocenters. The zero-order chi connectivity index (χ0) is 23.1. The summed E-state index contributed by atoms with van der Waals surface area (Å²) < 4.78 is 14.8. The van der Waals surface area contributed by atoms with Gasteiger partial charge in [-0.1, -0.05) is 12.1 Å². The Morgan fingerprint density at radius 1 is 1.03 bits per heavy atom. The van der Waals surface area contributed by atoms with Crippen molar-refractivity contribution in [3.63, 3.8) is 0 Å². The summed E-state index contributed by atoms with van der Waals surface area (Å²) in [6.07, 6.45) is 2.94. The first-order valence-corrected chi connectivity index (χ1v) is 10.6. The van der Waals surface area contributed by atoms with Crippen LogP contribution in [-0.2, 0) is 6.54 Å². The zero-order valence-corrected chi connectivity index (χ0v) is 18.2. The fraction of sp³-hybridized carbons (Fsp3) is 0.250. The number of fused-ring (bicyclic) bond motifs is 1. The second-order valence-corrected chi connectivity index (χ2v) is 7.89. The van der Waals surface area contributed by atoms with Crippen molar-refractivity contribution in [3.8, 4) is 17.2 Å². The van der Waals surface area contributed by atoms with Crippen molar-refractivity contribution in [2.75, 3.05) is 14.2 Å². The van der Waals surface area contributed by atoms with Crippen molar-refractivity contribution in [2.24, 2.45) is 0 Å². The molecule has 0 unspecified atom stereocenters. The third kappa shape index (κ3) is 3.51. The zero-order valence-electron chi connectivity index (χ0n) is 18.2. The first kappa shape index (κ1) is 20.7. The van der Waals surface area contributed by atoms with E-state index in [0.29, 0.717) is 22.7 Å². The smallest absolute Gasteiger partial charge is 0.337 e. The van der Waals surface area contributed by atoms with Crippen molar-refractivity contribution < 1.29 is 14.3 Å². The molecule has 2 aromatic heterocycles. The van der Waals surface area contributed by atoms with Gasteiger partial charge in [0.2, 0.25) is 0 Å². The van der Waals surface area contributed by atoms with Crippen LogP contribution in [0, 0.1) is 0 Å². The van der Waals surface area contributed by atoms with Gasteiger partial charge < -0.3 is 14.0 Å². The Morgan fingerprint density at radius 2 is 1.76 bits per heavy atom. The molecule has 1 fully saturated rings. The number of benzene rings is 2. The van der Waals surface area contributed by atoms with Crippen molar-refractivity contribution in [3.05, 3.63) is 81.3 Å². The number of imidazole rings is 1. The Balaban J connectivity index is 1.68. The number of Topliss-reactive ketones (excluding diaryl/α,β-unsaturated/α-hetero) is 1. The lowest BCUT2D eigenvalue weighted by Crippen LogP contribution is -2.39. The van der Waals surface area contributed by atoms with Crippen LogP contribution in [0.25, 0.3) is 16.9 Å². The van der Waals surface area contributed by atoms with E-state index in [1.54, 1.807) is 55.6 Å². The van der Waals surface area contributed by atoms with Gasteiger partial charge in [0.25, 0.3) is 5.56 Å². The molecule has 168 valence electrons. The summed E-state index contributed by atoms with van der Waals surface area (Å²) in [7, 11) is 3.07. The number of para-hydroxylation sites is 2. The summed E-state index contributed by atoms with van der Waals surface area (Å²) in [5, 5.41) is 0. The molecule has 9 nitrogen and oxygen atoms in total. The van der Waals surface area contributed by atoms with Gasteiger partial charge in [0.05, 0.1) is 32.8 Å². The normalized spacial score (nSPS) is 13.3. The van der Waals surface area contributed by atoms with Crippen LogP contribution in [0.2, 0.25) is 0 Å². The summed E-state index contributed by atoms with van der Waals surface area (Å²) in [5.74, 6) is 0.933. The van der Waals surface area contributed by atoms with Gasteiger partial charge >= 0.3 is 5.69 Å². The predicted molar refractivity (Wildman–Crippen MR) is 122 cm³/mol. The lowest BCUT2D eigenvalue weighted by atomic mass is 10.1. The van der Waals surface area contributed by atoms with E-state index in [0.717, 1.165) is 12.8 Å². The highest BCUT2D eigenvalue weighted by molar-refractivity contribution is 5.96. The molecule has 9 heteroatoms. The number of hydrogen-bond acceptors (Lipinski definition) is 6. The average molecular weight is 446 g/mol. The van der Waals surface area contributed by atoms with E-state index in [4.69, 9.17) is 9.47 Å². The third-order valence-corrected chi connectivity index (χ3v) is 5.81. The highest BCUT2D eigenvalue weighted by Crippen LogP contribution is 2.33. The van der Waals surface area contributed by atoms with Gasteiger partial charge in [-0.3, -0.25) is 14.2 Å². The lowest BCUT2D eigenvalue weighted by molar-refractivity contribution is 0.0973.